The lowest BCUT2D eigenvalue weighted by Gasteiger charge is -2.37. The Morgan fingerprint density at radius 1 is 1.44 bits per heavy atom. The van der Waals surface area contributed by atoms with E-state index in [2.05, 4.69) is 18.6 Å². The summed E-state index contributed by atoms with van der Waals surface area (Å²) in [6.07, 6.45) is 8.19. The van der Waals surface area contributed by atoms with Gasteiger partial charge in [0.15, 0.2) is 0 Å². The van der Waals surface area contributed by atoms with E-state index in [0.29, 0.717) is 0 Å². The number of aliphatic hydroxyl groups excluding tert-OH is 1. The van der Waals surface area contributed by atoms with E-state index in [-0.39, 0.29) is 6.10 Å². The molecule has 0 aliphatic heterocycles. The molecule has 0 aromatic carbocycles. The van der Waals surface area contributed by atoms with E-state index >= 15 is 0 Å². The molecular weight excluding hydrogens is 218 g/mol. The van der Waals surface area contributed by atoms with Gasteiger partial charge < -0.3 is 5.11 Å². The second-order valence-electron chi connectivity index (χ2n) is 5.18. The van der Waals surface area contributed by atoms with Gasteiger partial charge in [-0.15, -0.1) is 0 Å². The highest BCUT2D eigenvalue weighted by Gasteiger charge is 2.30. The molecule has 16 heavy (non-hydrogen) atoms. The summed E-state index contributed by atoms with van der Waals surface area (Å²) in [4.78, 5) is 0. The molecule has 96 valence electrons. The van der Waals surface area contributed by atoms with Crippen LogP contribution < -0.4 is 4.72 Å². The first-order valence-electron chi connectivity index (χ1n) is 6.62. The second kappa shape index (κ2) is 7.57. The van der Waals surface area contributed by atoms with Crippen LogP contribution in [0, 0.1) is 17.8 Å². The molecular formula is C13H27NOS. The second-order valence-corrected chi connectivity index (χ2v) is 5.88. The Kier molecular flexibility index (Phi) is 6.78. The average molecular weight is 245 g/mol. The maximum absolute atomic E-state index is 9.99. The molecule has 0 spiro atoms. The number of nitrogens with one attached hydrogen (secondary N) is 1. The Hall–Kier alpha value is 0.270. The quantitative estimate of drug-likeness (QED) is 0.705. The van der Waals surface area contributed by atoms with Crippen molar-refractivity contribution >= 4 is 11.9 Å². The summed E-state index contributed by atoms with van der Waals surface area (Å²) < 4.78 is 3.15. The molecule has 3 heteroatoms. The van der Waals surface area contributed by atoms with Crippen molar-refractivity contribution < 1.29 is 5.11 Å². The van der Waals surface area contributed by atoms with Gasteiger partial charge in [-0.05, 0) is 30.4 Å². The van der Waals surface area contributed by atoms with E-state index in [1.165, 1.54) is 25.7 Å². The smallest absolute Gasteiger partial charge is 0.0676 e. The lowest BCUT2D eigenvalue weighted by molar-refractivity contribution is 0.0767. The summed E-state index contributed by atoms with van der Waals surface area (Å²) in [5.41, 5.74) is 0. The van der Waals surface area contributed by atoms with Gasteiger partial charge in [-0.3, -0.25) is 4.72 Å². The molecule has 0 radical (unpaired) electrons. The van der Waals surface area contributed by atoms with Crippen molar-refractivity contribution in [2.24, 2.45) is 17.8 Å². The fraction of sp³-hybridized carbons (Fsp3) is 1.00. The number of hydrogen-bond acceptors (Lipinski definition) is 3. The normalized spacial score (nSPS) is 32.6. The Morgan fingerprint density at radius 2 is 2.19 bits per heavy atom. The van der Waals surface area contributed by atoms with Crippen molar-refractivity contribution in [3.8, 4) is 0 Å². The van der Waals surface area contributed by atoms with Crippen LogP contribution in [0.25, 0.3) is 0 Å². The Bertz CT molecular complexity index is 189. The van der Waals surface area contributed by atoms with Gasteiger partial charge in [-0.2, -0.15) is 0 Å². The zero-order valence-electron chi connectivity index (χ0n) is 10.9. The first-order valence-corrected chi connectivity index (χ1v) is 7.85. The third-order valence-corrected chi connectivity index (χ3v) is 4.56. The van der Waals surface area contributed by atoms with Crippen molar-refractivity contribution in [3.63, 3.8) is 0 Å². The number of aliphatic hydroxyl groups is 1. The standard InChI is InChI=1S/C13H27NOS/c1-4-11-7-5-6-10(2)13(11)8-12(15)9-14-16-3/h10-15H,4-9H2,1-3H3. The van der Waals surface area contributed by atoms with Gasteiger partial charge in [0, 0.05) is 6.54 Å². The molecule has 1 fully saturated rings. The molecule has 1 aliphatic rings. The maximum atomic E-state index is 9.99. The van der Waals surface area contributed by atoms with Gasteiger partial charge in [-0.1, -0.05) is 51.5 Å². The van der Waals surface area contributed by atoms with Crippen LogP contribution in [0.5, 0.6) is 0 Å². The van der Waals surface area contributed by atoms with Crippen molar-refractivity contribution in [2.75, 3.05) is 12.8 Å². The monoisotopic (exact) mass is 245 g/mol. The molecule has 1 saturated carbocycles. The molecule has 2 N–H and O–H groups in total. The molecule has 1 rings (SSSR count). The van der Waals surface area contributed by atoms with Crippen molar-refractivity contribution in [2.45, 2.75) is 52.1 Å². The molecule has 0 heterocycles. The molecule has 1 aliphatic carbocycles. The van der Waals surface area contributed by atoms with Crippen LogP contribution >= 0.6 is 11.9 Å². The van der Waals surface area contributed by atoms with Crippen LogP contribution in [-0.2, 0) is 0 Å². The van der Waals surface area contributed by atoms with Crippen LogP contribution in [0.3, 0.4) is 0 Å². The van der Waals surface area contributed by atoms with Gasteiger partial charge in [-0.25, -0.2) is 0 Å². The number of hydrogen-bond donors (Lipinski definition) is 2. The molecule has 0 aromatic heterocycles. The summed E-state index contributed by atoms with van der Waals surface area (Å²) >= 11 is 1.59. The minimum absolute atomic E-state index is 0.174. The largest absolute Gasteiger partial charge is 0.392 e. The summed E-state index contributed by atoms with van der Waals surface area (Å²) in [5, 5.41) is 9.99. The van der Waals surface area contributed by atoms with Crippen LogP contribution in [-0.4, -0.2) is 24.0 Å². The van der Waals surface area contributed by atoms with Gasteiger partial charge >= 0.3 is 0 Å². The minimum Gasteiger partial charge on any atom is -0.392 e. The van der Waals surface area contributed by atoms with Crippen LogP contribution in [0.15, 0.2) is 0 Å². The van der Waals surface area contributed by atoms with Gasteiger partial charge in [0.25, 0.3) is 0 Å². The third-order valence-electron chi connectivity index (χ3n) is 4.10. The van der Waals surface area contributed by atoms with Crippen molar-refractivity contribution in [1.29, 1.82) is 0 Å². The van der Waals surface area contributed by atoms with E-state index in [1.54, 1.807) is 11.9 Å². The van der Waals surface area contributed by atoms with E-state index < -0.39 is 0 Å². The molecule has 0 saturated heterocycles. The van der Waals surface area contributed by atoms with E-state index in [1.807, 2.05) is 6.26 Å². The SMILES string of the molecule is CCC1CCCC(C)C1CC(O)CNSC. The first kappa shape index (κ1) is 14.3. The molecule has 4 atom stereocenters. The van der Waals surface area contributed by atoms with Crippen LogP contribution in [0.1, 0.15) is 46.0 Å². The Morgan fingerprint density at radius 3 is 2.81 bits per heavy atom. The van der Waals surface area contributed by atoms with Crippen LogP contribution in [0.2, 0.25) is 0 Å². The fourth-order valence-corrected chi connectivity index (χ4v) is 3.46. The molecule has 0 aromatic rings. The van der Waals surface area contributed by atoms with E-state index in [4.69, 9.17) is 0 Å². The predicted molar refractivity (Wildman–Crippen MR) is 72.4 cm³/mol. The zero-order chi connectivity index (χ0) is 12.0. The predicted octanol–water partition coefficient (Wildman–Crippen LogP) is 3.07. The minimum atomic E-state index is -0.174. The molecule has 0 bridgehead atoms. The van der Waals surface area contributed by atoms with Crippen LogP contribution in [0.4, 0.5) is 0 Å². The highest BCUT2D eigenvalue weighted by molar-refractivity contribution is 7.96. The highest BCUT2D eigenvalue weighted by Crippen LogP contribution is 2.39. The lowest BCUT2D eigenvalue weighted by Crippen LogP contribution is -2.33. The van der Waals surface area contributed by atoms with E-state index in [0.717, 1.165) is 30.7 Å². The number of rotatable bonds is 6. The first-order chi connectivity index (χ1) is 7.69. The lowest BCUT2D eigenvalue weighted by atomic mass is 9.69. The van der Waals surface area contributed by atoms with Gasteiger partial charge in [0.05, 0.1) is 6.10 Å². The van der Waals surface area contributed by atoms with Crippen molar-refractivity contribution in [3.05, 3.63) is 0 Å². The molecule has 4 unspecified atom stereocenters. The van der Waals surface area contributed by atoms with Gasteiger partial charge in [0.1, 0.15) is 0 Å². The van der Waals surface area contributed by atoms with Crippen molar-refractivity contribution in [1.82, 2.24) is 4.72 Å². The Balaban J connectivity index is 2.41. The average Bonchev–Trinajstić information content (AvgIpc) is 2.29. The summed E-state index contributed by atoms with van der Waals surface area (Å²) in [5.74, 6) is 2.37. The zero-order valence-corrected chi connectivity index (χ0v) is 11.7. The third kappa shape index (κ3) is 4.27. The molecule has 0 amide bonds. The summed E-state index contributed by atoms with van der Waals surface area (Å²) in [6, 6.07) is 0. The molecule has 2 nitrogen and oxygen atoms in total. The topological polar surface area (TPSA) is 32.3 Å². The maximum Gasteiger partial charge on any atom is 0.0676 e. The highest BCUT2D eigenvalue weighted by atomic mass is 32.2. The summed E-state index contributed by atoms with van der Waals surface area (Å²) in [6.45, 7) is 5.38. The summed E-state index contributed by atoms with van der Waals surface area (Å²) in [7, 11) is 0. The van der Waals surface area contributed by atoms with Gasteiger partial charge in [0.2, 0.25) is 0 Å². The Labute approximate surface area is 105 Å². The van der Waals surface area contributed by atoms with E-state index in [9.17, 15) is 5.11 Å². The fourth-order valence-electron chi connectivity index (χ4n) is 3.10.